The van der Waals surface area contributed by atoms with Crippen molar-refractivity contribution in [2.75, 3.05) is 0 Å². The van der Waals surface area contributed by atoms with Crippen molar-refractivity contribution in [1.29, 1.82) is 0 Å². The maximum atomic E-state index is 6.27. The summed E-state index contributed by atoms with van der Waals surface area (Å²) in [4.78, 5) is 11.2. The average Bonchev–Trinajstić information content (AvgIpc) is 2.85. The van der Waals surface area contributed by atoms with Crippen LogP contribution in [-0.4, -0.2) is 15.0 Å². The highest BCUT2D eigenvalue weighted by Crippen LogP contribution is 2.38. The summed E-state index contributed by atoms with van der Waals surface area (Å²) in [6.07, 6.45) is 4.17. The molecule has 17 heavy (non-hydrogen) atoms. The van der Waals surface area contributed by atoms with Crippen LogP contribution < -0.4 is 5.73 Å². The van der Waals surface area contributed by atoms with Crippen LogP contribution in [0.5, 0.6) is 0 Å². The van der Waals surface area contributed by atoms with Crippen molar-refractivity contribution in [3.05, 3.63) is 29.2 Å². The molecule has 0 saturated heterocycles. The lowest BCUT2D eigenvalue weighted by Gasteiger charge is -2.19. The number of hydrogen-bond acceptors (Lipinski definition) is 2. The van der Waals surface area contributed by atoms with E-state index in [2.05, 4.69) is 27.2 Å². The molecule has 0 amide bonds. The van der Waals surface area contributed by atoms with Gasteiger partial charge in [0.1, 0.15) is 5.82 Å². The standard InChI is InChI=1S/C13H14N4/c1-6-16-10-4-9-11-7(5-15-9)2-3-8(14)12(11)13(10)17-6/h4-5,8,15H,2-3,14H2,1H3,(H,16,17). The Morgan fingerprint density at radius 1 is 1.41 bits per heavy atom. The second-order valence-electron chi connectivity index (χ2n) is 4.89. The predicted octanol–water partition coefficient (Wildman–Crippen LogP) is 2.30. The number of nitrogens with one attached hydrogen (secondary N) is 2. The molecule has 1 aliphatic rings. The molecule has 0 saturated carbocycles. The first-order valence-corrected chi connectivity index (χ1v) is 5.99. The Morgan fingerprint density at radius 3 is 3.18 bits per heavy atom. The highest BCUT2D eigenvalue weighted by Gasteiger charge is 2.24. The third-order valence-corrected chi connectivity index (χ3v) is 3.75. The zero-order valence-electron chi connectivity index (χ0n) is 9.67. The van der Waals surface area contributed by atoms with E-state index in [-0.39, 0.29) is 6.04 Å². The predicted molar refractivity (Wildman–Crippen MR) is 67.9 cm³/mol. The lowest BCUT2D eigenvalue weighted by atomic mass is 9.88. The van der Waals surface area contributed by atoms with E-state index in [0.29, 0.717) is 0 Å². The minimum absolute atomic E-state index is 0.104. The van der Waals surface area contributed by atoms with Gasteiger partial charge in [0.15, 0.2) is 0 Å². The maximum Gasteiger partial charge on any atom is 0.104 e. The molecule has 2 heterocycles. The first-order chi connectivity index (χ1) is 8.24. The quantitative estimate of drug-likeness (QED) is 0.550. The largest absolute Gasteiger partial charge is 0.361 e. The molecule has 0 radical (unpaired) electrons. The summed E-state index contributed by atoms with van der Waals surface area (Å²) in [7, 11) is 0. The number of aromatic nitrogens is 3. The van der Waals surface area contributed by atoms with Crippen LogP contribution in [-0.2, 0) is 6.42 Å². The second-order valence-corrected chi connectivity index (χ2v) is 4.89. The number of benzene rings is 1. The number of fused-ring (bicyclic) bond motifs is 2. The molecule has 4 rings (SSSR count). The molecule has 1 aromatic carbocycles. The van der Waals surface area contributed by atoms with Gasteiger partial charge in [0.05, 0.1) is 11.0 Å². The Balaban J connectivity index is 2.28. The van der Waals surface area contributed by atoms with Crippen LogP contribution in [0.15, 0.2) is 12.3 Å². The number of hydrogen-bond donors (Lipinski definition) is 3. The Labute approximate surface area is 98.2 Å². The topological polar surface area (TPSA) is 70.5 Å². The molecule has 86 valence electrons. The van der Waals surface area contributed by atoms with E-state index in [1.807, 2.05) is 6.92 Å². The van der Waals surface area contributed by atoms with Crippen LogP contribution in [0.4, 0.5) is 0 Å². The first kappa shape index (κ1) is 9.24. The van der Waals surface area contributed by atoms with Gasteiger partial charge in [-0.2, -0.15) is 0 Å². The third-order valence-electron chi connectivity index (χ3n) is 3.75. The summed E-state index contributed by atoms with van der Waals surface area (Å²) in [6, 6.07) is 2.24. The fourth-order valence-corrected chi connectivity index (χ4v) is 3.01. The van der Waals surface area contributed by atoms with Crippen molar-refractivity contribution in [2.24, 2.45) is 5.73 Å². The van der Waals surface area contributed by atoms with E-state index in [9.17, 15) is 0 Å². The Kier molecular flexibility index (Phi) is 1.58. The number of nitrogens with zero attached hydrogens (tertiary/aromatic N) is 1. The molecule has 4 nitrogen and oxygen atoms in total. The normalized spacial score (nSPS) is 19.3. The lowest BCUT2D eigenvalue weighted by molar-refractivity contribution is 0.647. The highest BCUT2D eigenvalue weighted by molar-refractivity contribution is 6.00. The van der Waals surface area contributed by atoms with Crippen molar-refractivity contribution in [1.82, 2.24) is 15.0 Å². The molecular formula is C13H14N4. The molecular weight excluding hydrogens is 212 g/mol. The summed E-state index contributed by atoms with van der Waals surface area (Å²) in [5.74, 6) is 0.947. The van der Waals surface area contributed by atoms with Crippen molar-refractivity contribution in [2.45, 2.75) is 25.8 Å². The zero-order chi connectivity index (χ0) is 11.6. The van der Waals surface area contributed by atoms with Crippen LogP contribution in [0.1, 0.15) is 29.4 Å². The minimum atomic E-state index is 0.104. The minimum Gasteiger partial charge on any atom is -0.361 e. The van der Waals surface area contributed by atoms with Crippen molar-refractivity contribution < 1.29 is 0 Å². The molecule has 1 unspecified atom stereocenters. The van der Waals surface area contributed by atoms with E-state index >= 15 is 0 Å². The van der Waals surface area contributed by atoms with Crippen LogP contribution in [0.25, 0.3) is 21.9 Å². The van der Waals surface area contributed by atoms with Crippen molar-refractivity contribution >= 4 is 21.9 Å². The van der Waals surface area contributed by atoms with Gasteiger partial charge < -0.3 is 15.7 Å². The second kappa shape index (κ2) is 2.90. The van der Waals surface area contributed by atoms with Crippen molar-refractivity contribution in [3.63, 3.8) is 0 Å². The van der Waals surface area contributed by atoms with Crippen LogP contribution >= 0.6 is 0 Å². The van der Waals surface area contributed by atoms with E-state index in [1.165, 1.54) is 22.0 Å². The Bertz CT molecular complexity index is 734. The molecule has 0 fully saturated rings. The van der Waals surface area contributed by atoms with Crippen LogP contribution in [0.2, 0.25) is 0 Å². The fraction of sp³-hybridized carbons (Fsp3) is 0.308. The molecule has 1 aliphatic carbocycles. The molecule has 4 N–H and O–H groups in total. The zero-order valence-corrected chi connectivity index (χ0v) is 9.67. The number of rotatable bonds is 0. The number of aryl methyl sites for hydroxylation is 2. The monoisotopic (exact) mass is 226 g/mol. The smallest absolute Gasteiger partial charge is 0.104 e. The first-order valence-electron chi connectivity index (χ1n) is 5.99. The summed E-state index contributed by atoms with van der Waals surface area (Å²) in [5.41, 5.74) is 12.2. The summed E-state index contributed by atoms with van der Waals surface area (Å²) >= 11 is 0. The van der Waals surface area contributed by atoms with Gasteiger partial charge in [-0.3, -0.25) is 0 Å². The fourth-order valence-electron chi connectivity index (χ4n) is 3.01. The van der Waals surface area contributed by atoms with E-state index in [0.717, 1.165) is 29.7 Å². The molecule has 0 bridgehead atoms. The molecule has 3 aromatic rings. The number of nitrogens with two attached hydrogens (primary N) is 1. The molecule has 4 heteroatoms. The van der Waals surface area contributed by atoms with Gasteiger partial charge in [-0.15, -0.1) is 0 Å². The third kappa shape index (κ3) is 1.08. The van der Waals surface area contributed by atoms with E-state index in [1.54, 1.807) is 0 Å². The Hall–Kier alpha value is -1.81. The molecule has 2 aromatic heterocycles. The average molecular weight is 226 g/mol. The van der Waals surface area contributed by atoms with Crippen molar-refractivity contribution in [3.8, 4) is 0 Å². The molecule has 1 atom stereocenters. The van der Waals surface area contributed by atoms with E-state index < -0.39 is 0 Å². The van der Waals surface area contributed by atoms with Gasteiger partial charge >= 0.3 is 0 Å². The van der Waals surface area contributed by atoms with Gasteiger partial charge in [-0.25, -0.2) is 4.98 Å². The summed E-state index contributed by atoms with van der Waals surface area (Å²) < 4.78 is 0. The molecule has 0 spiro atoms. The van der Waals surface area contributed by atoms with Gasteiger partial charge in [0.2, 0.25) is 0 Å². The SMILES string of the molecule is Cc1nc2c3c4c(c[nH]c4cc2[nH]1)CCC3N. The van der Waals surface area contributed by atoms with Gasteiger partial charge in [-0.05, 0) is 31.4 Å². The maximum absolute atomic E-state index is 6.27. The number of H-pyrrole nitrogens is 2. The van der Waals surface area contributed by atoms with Crippen LogP contribution in [0.3, 0.4) is 0 Å². The van der Waals surface area contributed by atoms with Gasteiger partial charge in [0.25, 0.3) is 0 Å². The Morgan fingerprint density at radius 2 is 2.29 bits per heavy atom. The van der Waals surface area contributed by atoms with Gasteiger partial charge in [-0.1, -0.05) is 0 Å². The van der Waals surface area contributed by atoms with E-state index in [4.69, 9.17) is 5.73 Å². The number of imidazole rings is 1. The highest BCUT2D eigenvalue weighted by atomic mass is 14.9. The molecule has 0 aliphatic heterocycles. The lowest BCUT2D eigenvalue weighted by Crippen LogP contribution is -2.16. The van der Waals surface area contributed by atoms with Gasteiger partial charge in [0, 0.05) is 28.7 Å². The van der Waals surface area contributed by atoms with Crippen LogP contribution in [0, 0.1) is 6.92 Å². The summed E-state index contributed by atoms with van der Waals surface area (Å²) in [5, 5.41) is 1.29. The summed E-state index contributed by atoms with van der Waals surface area (Å²) in [6.45, 7) is 1.98. The number of aromatic amines is 2.